The molecule has 20 heavy (non-hydrogen) atoms. The standard InChI is InChI=1S/C14H18FN5/c1-3-10(2)18-13-9-17-20-14(19-13)16-8-11-4-6-12(15)7-5-11/h4-7,9-10H,3,8H2,1-2H3,(H2,16,18,19,20). The molecule has 5 nitrogen and oxygen atoms in total. The summed E-state index contributed by atoms with van der Waals surface area (Å²) < 4.78 is 12.8. The molecule has 2 N–H and O–H groups in total. The quantitative estimate of drug-likeness (QED) is 0.848. The fourth-order valence-corrected chi connectivity index (χ4v) is 1.59. The molecular formula is C14H18FN5. The number of anilines is 2. The fourth-order valence-electron chi connectivity index (χ4n) is 1.59. The van der Waals surface area contributed by atoms with E-state index in [9.17, 15) is 4.39 Å². The van der Waals surface area contributed by atoms with Crippen LogP contribution in [-0.2, 0) is 6.54 Å². The Bertz CT molecular complexity index is 544. The SMILES string of the molecule is CCC(C)Nc1cnnc(NCc2ccc(F)cc2)n1. The lowest BCUT2D eigenvalue weighted by atomic mass is 10.2. The lowest BCUT2D eigenvalue weighted by Crippen LogP contribution is -2.16. The van der Waals surface area contributed by atoms with E-state index in [4.69, 9.17) is 0 Å². The van der Waals surface area contributed by atoms with E-state index < -0.39 is 0 Å². The van der Waals surface area contributed by atoms with Crippen LogP contribution in [0.15, 0.2) is 30.5 Å². The van der Waals surface area contributed by atoms with E-state index in [1.165, 1.54) is 12.1 Å². The Kier molecular flexibility index (Phi) is 4.81. The Morgan fingerprint density at radius 2 is 2.00 bits per heavy atom. The van der Waals surface area contributed by atoms with Crippen LogP contribution in [0.2, 0.25) is 0 Å². The molecule has 2 rings (SSSR count). The normalized spacial score (nSPS) is 11.9. The van der Waals surface area contributed by atoms with Crippen molar-refractivity contribution in [1.29, 1.82) is 0 Å². The van der Waals surface area contributed by atoms with Crippen molar-refractivity contribution >= 4 is 11.8 Å². The first-order valence-electron chi connectivity index (χ1n) is 6.62. The summed E-state index contributed by atoms with van der Waals surface area (Å²) in [4.78, 5) is 4.32. The summed E-state index contributed by atoms with van der Waals surface area (Å²) >= 11 is 0. The molecule has 0 spiro atoms. The van der Waals surface area contributed by atoms with Crippen LogP contribution in [0.25, 0.3) is 0 Å². The highest BCUT2D eigenvalue weighted by Gasteiger charge is 2.03. The van der Waals surface area contributed by atoms with Gasteiger partial charge < -0.3 is 10.6 Å². The second kappa shape index (κ2) is 6.79. The summed E-state index contributed by atoms with van der Waals surface area (Å²) in [6, 6.07) is 6.62. The molecule has 0 aliphatic carbocycles. The lowest BCUT2D eigenvalue weighted by molar-refractivity contribution is 0.627. The smallest absolute Gasteiger partial charge is 0.244 e. The second-order valence-electron chi connectivity index (χ2n) is 4.60. The number of hydrogen-bond donors (Lipinski definition) is 2. The largest absolute Gasteiger partial charge is 0.366 e. The van der Waals surface area contributed by atoms with Crippen LogP contribution in [0.1, 0.15) is 25.8 Å². The molecule has 1 atom stereocenters. The zero-order valence-electron chi connectivity index (χ0n) is 11.6. The van der Waals surface area contributed by atoms with Crippen LogP contribution in [0.5, 0.6) is 0 Å². The molecule has 0 bridgehead atoms. The van der Waals surface area contributed by atoms with Crippen molar-refractivity contribution in [3.05, 3.63) is 41.8 Å². The van der Waals surface area contributed by atoms with E-state index in [1.807, 2.05) is 0 Å². The van der Waals surface area contributed by atoms with Crippen molar-refractivity contribution < 1.29 is 4.39 Å². The Balaban J connectivity index is 1.95. The number of aromatic nitrogens is 3. The van der Waals surface area contributed by atoms with Gasteiger partial charge in [0.15, 0.2) is 5.82 Å². The summed E-state index contributed by atoms with van der Waals surface area (Å²) in [5.74, 6) is 0.894. The van der Waals surface area contributed by atoms with Gasteiger partial charge in [0.25, 0.3) is 0 Å². The second-order valence-corrected chi connectivity index (χ2v) is 4.60. The summed E-state index contributed by atoms with van der Waals surface area (Å²) in [6.45, 7) is 4.70. The number of rotatable bonds is 6. The van der Waals surface area contributed by atoms with Crippen LogP contribution in [0.3, 0.4) is 0 Å². The van der Waals surface area contributed by atoms with E-state index in [0.717, 1.165) is 12.0 Å². The van der Waals surface area contributed by atoms with Gasteiger partial charge in [-0.25, -0.2) is 4.39 Å². The number of nitrogens with one attached hydrogen (secondary N) is 2. The molecule has 106 valence electrons. The minimum atomic E-state index is -0.244. The van der Waals surface area contributed by atoms with Crippen molar-refractivity contribution in [3.63, 3.8) is 0 Å². The van der Waals surface area contributed by atoms with Gasteiger partial charge in [-0.15, -0.1) is 5.10 Å². The van der Waals surface area contributed by atoms with Crippen LogP contribution in [0.4, 0.5) is 16.2 Å². The van der Waals surface area contributed by atoms with Crippen LogP contribution in [0, 0.1) is 5.82 Å². The molecule has 0 fully saturated rings. The van der Waals surface area contributed by atoms with Crippen LogP contribution in [-0.4, -0.2) is 21.2 Å². The third-order valence-corrected chi connectivity index (χ3v) is 2.93. The molecule has 1 unspecified atom stereocenters. The molecular weight excluding hydrogens is 257 g/mol. The topological polar surface area (TPSA) is 62.7 Å². The molecule has 1 aromatic heterocycles. The maximum absolute atomic E-state index is 12.8. The zero-order chi connectivity index (χ0) is 14.4. The third-order valence-electron chi connectivity index (χ3n) is 2.93. The summed E-state index contributed by atoms with van der Waals surface area (Å²) in [5, 5.41) is 14.1. The molecule has 0 aliphatic rings. The van der Waals surface area contributed by atoms with E-state index in [0.29, 0.717) is 24.4 Å². The Hall–Kier alpha value is -2.24. The predicted molar refractivity (Wildman–Crippen MR) is 76.9 cm³/mol. The van der Waals surface area contributed by atoms with Gasteiger partial charge in [0, 0.05) is 12.6 Å². The minimum absolute atomic E-state index is 0.244. The first-order valence-corrected chi connectivity index (χ1v) is 6.62. The highest BCUT2D eigenvalue weighted by atomic mass is 19.1. The first kappa shape index (κ1) is 14.2. The highest BCUT2D eigenvalue weighted by molar-refractivity contribution is 5.38. The average molecular weight is 275 g/mol. The van der Waals surface area contributed by atoms with Gasteiger partial charge in [-0.2, -0.15) is 10.1 Å². The first-order chi connectivity index (χ1) is 9.67. The van der Waals surface area contributed by atoms with Crippen molar-refractivity contribution in [2.45, 2.75) is 32.9 Å². The Morgan fingerprint density at radius 1 is 1.25 bits per heavy atom. The van der Waals surface area contributed by atoms with Crippen molar-refractivity contribution in [2.75, 3.05) is 10.6 Å². The predicted octanol–water partition coefficient (Wildman–Crippen LogP) is 2.83. The third kappa shape index (κ3) is 4.15. The minimum Gasteiger partial charge on any atom is -0.366 e. The highest BCUT2D eigenvalue weighted by Crippen LogP contribution is 2.09. The maximum atomic E-state index is 12.8. The van der Waals surface area contributed by atoms with E-state index >= 15 is 0 Å². The number of halogens is 1. The zero-order valence-corrected chi connectivity index (χ0v) is 11.6. The molecule has 0 amide bonds. The van der Waals surface area contributed by atoms with Gasteiger partial charge in [-0.1, -0.05) is 19.1 Å². The Morgan fingerprint density at radius 3 is 2.70 bits per heavy atom. The average Bonchev–Trinajstić information content (AvgIpc) is 2.47. The molecule has 6 heteroatoms. The van der Waals surface area contributed by atoms with Crippen molar-refractivity contribution in [1.82, 2.24) is 15.2 Å². The van der Waals surface area contributed by atoms with Crippen LogP contribution >= 0.6 is 0 Å². The molecule has 0 saturated heterocycles. The molecule has 2 aromatic rings. The molecule has 0 aliphatic heterocycles. The molecule has 1 heterocycles. The van der Waals surface area contributed by atoms with Gasteiger partial charge >= 0.3 is 0 Å². The van der Waals surface area contributed by atoms with Gasteiger partial charge in [-0.05, 0) is 31.0 Å². The summed E-state index contributed by atoms with van der Waals surface area (Å²) in [6.07, 6.45) is 2.59. The van der Waals surface area contributed by atoms with Gasteiger partial charge in [0.1, 0.15) is 5.82 Å². The Labute approximate surface area is 117 Å². The molecule has 0 radical (unpaired) electrons. The number of hydrogen-bond acceptors (Lipinski definition) is 5. The maximum Gasteiger partial charge on any atom is 0.244 e. The number of benzene rings is 1. The van der Waals surface area contributed by atoms with E-state index in [-0.39, 0.29) is 5.82 Å². The van der Waals surface area contributed by atoms with Gasteiger partial charge in [0.05, 0.1) is 6.20 Å². The van der Waals surface area contributed by atoms with E-state index in [1.54, 1.807) is 18.3 Å². The molecule has 0 saturated carbocycles. The van der Waals surface area contributed by atoms with Gasteiger partial charge in [0.2, 0.25) is 5.95 Å². The van der Waals surface area contributed by atoms with E-state index in [2.05, 4.69) is 39.7 Å². The lowest BCUT2D eigenvalue weighted by Gasteiger charge is -2.12. The van der Waals surface area contributed by atoms with Crippen molar-refractivity contribution in [2.24, 2.45) is 0 Å². The summed E-state index contributed by atoms with van der Waals surface area (Å²) in [7, 11) is 0. The summed E-state index contributed by atoms with van der Waals surface area (Å²) in [5.41, 5.74) is 0.954. The monoisotopic (exact) mass is 275 g/mol. The molecule has 1 aromatic carbocycles. The van der Waals surface area contributed by atoms with Crippen LogP contribution < -0.4 is 10.6 Å². The number of nitrogens with zero attached hydrogens (tertiary/aromatic N) is 3. The van der Waals surface area contributed by atoms with Gasteiger partial charge in [-0.3, -0.25) is 0 Å². The fraction of sp³-hybridized carbons (Fsp3) is 0.357. The van der Waals surface area contributed by atoms with Crippen molar-refractivity contribution in [3.8, 4) is 0 Å².